The van der Waals surface area contributed by atoms with Crippen LogP contribution in [0.4, 0.5) is 5.13 Å². The number of piperazine rings is 1. The van der Waals surface area contributed by atoms with Gasteiger partial charge in [-0.2, -0.15) is 0 Å². The minimum atomic E-state index is 0. The van der Waals surface area contributed by atoms with Gasteiger partial charge in [0.25, 0.3) is 0 Å². The van der Waals surface area contributed by atoms with E-state index < -0.39 is 0 Å². The Morgan fingerprint density at radius 1 is 1.47 bits per heavy atom. The molecule has 1 saturated heterocycles. The Hall–Kier alpha value is -0.850. The monoisotopic (exact) mass is 276 g/mol. The standard InChI is InChI=1S/C10H16N4OS.ClH/c1-8(15)14-4-2-13(3-5-14)7-9-6-12-10(11)16-9;/h6H,2-5,7H2,1H3,(H2,11,12);1H. The van der Waals surface area contributed by atoms with Crippen molar-refractivity contribution in [3.05, 3.63) is 11.1 Å². The van der Waals surface area contributed by atoms with Gasteiger partial charge >= 0.3 is 0 Å². The molecular weight excluding hydrogens is 260 g/mol. The topological polar surface area (TPSA) is 62.5 Å². The van der Waals surface area contributed by atoms with Crippen molar-refractivity contribution in [2.45, 2.75) is 13.5 Å². The Morgan fingerprint density at radius 3 is 2.59 bits per heavy atom. The van der Waals surface area contributed by atoms with Crippen LogP contribution in [0.2, 0.25) is 0 Å². The number of nitrogens with zero attached hydrogens (tertiary/aromatic N) is 3. The van der Waals surface area contributed by atoms with E-state index >= 15 is 0 Å². The Bertz CT molecular complexity index is 376. The van der Waals surface area contributed by atoms with E-state index in [0.29, 0.717) is 5.13 Å². The molecule has 1 fully saturated rings. The molecule has 7 heteroatoms. The summed E-state index contributed by atoms with van der Waals surface area (Å²) in [5, 5.41) is 0.623. The van der Waals surface area contributed by atoms with Gasteiger partial charge in [0.2, 0.25) is 5.91 Å². The third kappa shape index (κ3) is 3.83. The van der Waals surface area contributed by atoms with E-state index in [0.717, 1.165) is 32.7 Å². The van der Waals surface area contributed by atoms with Crippen LogP contribution in [0.25, 0.3) is 0 Å². The number of amides is 1. The number of thiazole rings is 1. The Balaban J connectivity index is 0.00000144. The lowest BCUT2D eigenvalue weighted by Gasteiger charge is -2.33. The molecule has 2 rings (SSSR count). The quantitative estimate of drug-likeness (QED) is 0.868. The number of rotatable bonds is 2. The third-order valence-corrected chi connectivity index (χ3v) is 3.58. The van der Waals surface area contributed by atoms with Gasteiger partial charge in [0.15, 0.2) is 5.13 Å². The summed E-state index contributed by atoms with van der Waals surface area (Å²) >= 11 is 1.53. The maximum atomic E-state index is 11.2. The predicted octanol–water partition coefficient (Wildman–Crippen LogP) is 0.811. The first-order valence-corrected chi connectivity index (χ1v) is 6.15. The largest absolute Gasteiger partial charge is 0.375 e. The molecule has 1 aliphatic rings. The lowest BCUT2D eigenvalue weighted by molar-refractivity contribution is -0.130. The van der Waals surface area contributed by atoms with E-state index in [1.54, 1.807) is 6.92 Å². The number of hydrogen-bond acceptors (Lipinski definition) is 5. The molecule has 0 aliphatic carbocycles. The number of anilines is 1. The molecule has 0 unspecified atom stereocenters. The van der Waals surface area contributed by atoms with Crippen LogP contribution in [0.3, 0.4) is 0 Å². The van der Waals surface area contributed by atoms with Gasteiger partial charge < -0.3 is 10.6 Å². The molecule has 0 bridgehead atoms. The van der Waals surface area contributed by atoms with Crippen LogP contribution in [0.5, 0.6) is 0 Å². The summed E-state index contributed by atoms with van der Waals surface area (Å²) in [7, 11) is 0. The van der Waals surface area contributed by atoms with E-state index in [2.05, 4.69) is 9.88 Å². The maximum absolute atomic E-state index is 11.2. The zero-order chi connectivity index (χ0) is 11.5. The van der Waals surface area contributed by atoms with Crippen LogP contribution in [0.15, 0.2) is 6.20 Å². The van der Waals surface area contributed by atoms with E-state index in [1.807, 2.05) is 11.1 Å². The van der Waals surface area contributed by atoms with Gasteiger partial charge in [0, 0.05) is 50.7 Å². The molecule has 2 heterocycles. The van der Waals surface area contributed by atoms with Gasteiger partial charge in [-0.3, -0.25) is 9.69 Å². The molecule has 0 saturated carbocycles. The van der Waals surface area contributed by atoms with Gasteiger partial charge in [-0.25, -0.2) is 4.98 Å². The Kier molecular flexibility index (Phi) is 5.17. The van der Waals surface area contributed by atoms with Crippen LogP contribution >= 0.6 is 23.7 Å². The van der Waals surface area contributed by atoms with Crippen LogP contribution in [-0.4, -0.2) is 46.9 Å². The molecule has 0 atom stereocenters. The summed E-state index contributed by atoms with van der Waals surface area (Å²) in [4.78, 5) is 20.6. The van der Waals surface area contributed by atoms with Gasteiger partial charge in [-0.1, -0.05) is 0 Å². The van der Waals surface area contributed by atoms with Crippen LogP contribution in [-0.2, 0) is 11.3 Å². The molecule has 5 nitrogen and oxygen atoms in total. The van der Waals surface area contributed by atoms with E-state index in [9.17, 15) is 4.79 Å². The molecule has 0 aromatic carbocycles. The number of hydrogen-bond donors (Lipinski definition) is 1. The number of nitrogens with two attached hydrogens (primary N) is 1. The van der Waals surface area contributed by atoms with Crippen LogP contribution < -0.4 is 5.73 Å². The van der Waals surface area contributed by atoms with Crippen LogP contribution in [0, 0.1) is 0 Å². The highest BCUT2D eigenvalue weighted by Crippen LogP contribution is 2.17. The minimum absolute atomic E-state index is 0. The second-order valence-electron chi connectivity index (χ2n) is 3.95. The van der Waals surface area contributed by atoms with Gasteiger partial charge in [0.1, 0.15) is 0 Å². The average Bonchev–Trinajstić information content (AvgIpc) is 2.65. The second kappa shape index (κ2) is 6.18. The fraction of sp³-hybridized carbons (Fsp3) is 0.600. The van der Waals surface area contributed by atoms with Crippen molar-refractivity contribution in [2.24, 2.45) is 0 Å². The minimum Gasteiger partial charge on any atom is -0.375 e. The van der Waals surface area contributed by atoms with Gasteiger partial charge in [0.05, 0.1) is 0 Å². The first-order chi connectivity index (χ1) is 7.65. The zero-order valence-electron chi connectivity index (χ0n) is 9.76. The highest BCUT2D eigenvalue weighted by Gasteiger charge is 2.18. The second-order valence-corrected chi connectivity index (χ2v) is 5.09. The first-order valence-electron chi connectivity index (χ1n) is 5.33. The number of aromatic nitrogens is 1. The summed E-state index contributed by atoms with van der Waals surface area (Å²) in [5.74, 6) is 0.168. The highest BCUT2D eigenvalue weighted by atomic mass is 35.5. The summed E-state index contributed by atoms with van der Waals surface area (Å²) < 4.78 is 0. The molecule has 1 aromatic heterocycles. The number of carbonyl (C=O) groups excluding carboxylic acids is 1. The smallest absolute Gasteiger partial charge is 0.219 e. The molecule has 17 heavy (non-hydrogen) atoms. The number of carbonyl (C=O) groups is 1. The first kappa shape index (κ1) is 14.2. The SMILES string of the molecule is CC(=O)N1CCN(Cc2cnc(N)s2)CC1.Cl. The Morgan fingerprint density at radius 2 is 2.12 bits per heavy atom. The van der Waals surface area contributed by atoms with Crippen molar-refractivity contribution in [3.8, 4) is 0 Å². The van der Waals surface area contributed by atoms with E-state index in [-0.39, 0.29) is 18.3 Å². The Labute approximate surface area is 111 Å². The average molecular weight is 277 g/mol. The maximum Gasteiger partial charge on any atom is 0.219 e. The van der Waals surface area contributed by atoms with Crippen molar-refractivity contribution >= 4 is 34.8 Å². The molecule has 0 radical (unpaired) electrons. The van der Waals surface area contributed by atoms with Crippen LogP contribution in [0.1, 0.15) is 11.8 Å². The van der Waals surface area contributed by atoms with Crippen molar-refractivity contribution in [1.82, 2.24) is 14.8 Å². The number of halogens is 1. The molecule has 1 aromatic rings. The fourth-order valence-electron chi connectivity index (χ4n) is 1.84. The molecule has 0 spiro atoms. The summed E-state index contributed by atoms with van der Waals surface area (Å²) in [5.41, 5.74) is 5.58. The molecule has 2 N–H and O–H groups in total. The number of nitrogen functional groups attached to an aromatic ring is 1. The lowest BCUT2D eigenvalue weighted by Crippen LogP contribution is -2.47. The van der Waals surface area contributed by atoms with Crippen molar-refractivity contribution in [2.75, 3.05) is 31.9 Å². The van der Waals surface area contributed by atoms with E-state index in [1.165, 1.54) is 16.2 Å². The molecular formula is C10H17ClN4OS. The van der Waals surface area contributed by atoms with Crippen molar-refractivity contribution in [3.63, 3.8) is 0 Å². The summed E-state index contributed by atoms with van der Waals surface area (Å²) in [6.07, 6.45) is 1.83. The molecule has 1 amide bonds. The normalized spacial score (nSPS) is 16.6. The van der Waals surface area contributed by atoms with Crippen molar-refractivity contribution < 1.29 is 4.79 Å². The predicted molar refractivity (Wildman–Crippen MR) is 71.3 cm³/mol. The van der Waals surface area contributed by atoms with Gasteiger partial charge in [-0.05, 0) is 0 Å². The summed E-state index contributed by atoms with van der Waals surface area (Å²) in [6, 6.07) is 0. The van der Waals surface area contributed by atoms with Gasteiger partial charge in [-0.15, -0.1) is 23.7 Å². The summed E-state index contributed by atoms with van der Waals surface area (Å²) in [6.45, 7) is 6.02. The highest BCUT2D eigenvalue weighted by molar-refractivity contribution is 7.15. The van der Waals surface area contributed by atoms with Crippen molar-refractivity contribution in [1.29, 1.82) is 0 Å². The fourth-order valence-corrected chi connectivity index (χ4v) is 2.56. The molecule has 96 valence electrons. The van der Waals surface area contributed by atoms with E-state index in [4.69, 9.17) is 5.73 Å². The third-order valence-electron chi connectivity index (χ3n) is 2.77. The lowest BCUT2D eigenvalue weighted by atomic mass is 10.3. The molecule has 1 aliphatic heterocycles. The zero-order valence-corrected chi connectivity index (χ0v) is 11.4.